The Hall–Kier alpha value is -0.970. The molecule has 120 valence electrons. The number of nitrogens with two attached hydrogens (primary N) is 1. The standard InChI is InChI=1S/C16H25NO3.ClH/c1-11(18)9-14(17)12-7-8-15(19-2)16(10-12)20-13-5-3-4-6-13;/h7-8,10-11,13-14,18H,3-6,9,17H2,1-2H3;1H. The molecule has 2 atom stereocenters. The molecule has 21 heavy (non-hydrogen) atoms. The zero-order valence-corrected chi connectivity index (χ0v) is 13.6. The van der Waals surface area contributed by atoms with E-state index in [0.717, 1.165) is 29.9 Å². The molecule has 0 radical (unpaired) electrons. The smallest absolute Gasteiger partial charge is 0.161 e. The van der Waals surface area contributed by atoms with E-state index in [0.29, 0.717) is 6.42 Å². The highest BCUT2D eigenvalue weighted by Gasteiger charge is 2.19. The van der Waals surface area contributed by atoms with Crippen LogP contribution in [0.3, 0.4) is 0 Å². The third-order valence-electron chi connectivity index (χ3n) is 3.81. The lowest BCUT2D eigenvalue weighted by Crippen LogP contribution is -2.17. The molecule has 1 aromatic carbocycles. The van der Waals surface area contributed by atoms with Crippen LogP contribution >= 0.6 is 12.4 Å². The van der Waals surface area contributed by atoms with E-state index < -0.39 is 6.10 Å². The van der Waals surface area contributed by atoms with Crippen molar-refractivity contribution < 1.29 is 14.6 Å². The van der Waals surface area contributed by atoms with Crippen molar-refractivity contribution in [2.24, 2.45) is 5.73 Å². The van der Waals surface area contributed by atoms with Crippen LogP contribution in [0.1, 0.15) is 50.6 Å². The van der Waals surface area contributed by atoms with Crippen LogP contribution in [0.15, 0.2) is 18.2 Å². The summed E-state index contributed by atoms with van der Waals surface area (Å²) in [5.41, 5.74) is 7.08. The number of hydrogen-bond donors (Lipinski definition) is 2. The lowest BCUT2D eigenvalue weighted by molar-refractivity contribution is 0.174. The topological polar surface area (TPSA) is 64.7 Å². The fourth-order valence-electron chi connectivity index (χ4n) is 2.71. The number of benzene rings is 1. The molecule has 1 aliphatic rings. The summed E-state index contributed by atoms with van der Waals surface area (Å²) in [6.45, 7) is 1.75. The number of ether oxygens (including phenoxy) is 2. The molecular weight excluding hydrogens is 290 g/mol. The molecule has 0 aromatic heterocycles. The number of rotatable bonds is 6. The molecule has 0 aliphatic heterocycles. The number of methoxy groups -OCH3 is 1. The molecule has 0 bridgehead atoms. The second-order valence-corrected chi connectivity index (χ2v) is 5.63. The molecule has 0 amide bonds. The second-order valence-electron chi connectivity index (χ2n) is 5.63. The van der Waals surface area contributed by atoms with E-state index in [1.54, 1.807) is 14.0 Å². The van der Waals surface area contributed by atoms with E-state index in [1.807, 2.05) is 18.2 Å². The summed E-state index contributed by atoms with van der Waals surface area (Å²) in [6.07, 6.45) is 5.08. The average Bonchev–Trinajstić information content (AvgIpc) is 2.90. The Morgan fingerprint density at radius 3 is 2.52 bits per heavy atom. The highest BCUT2D eigenvalue weighted by atomic mass is 35.5. The molecule has 2 unspecified atom stereocenters. The van der Waals surface area contributed by atoms with Crippen molar-refractivity contribution in [3.63, 3.8) is 0 Å². The monoisotopic (exact) mass is 315 g/mol. The summed E-state index contributed by atoms with van der Waals surface area (Å²) in [5.74, 6) is 1.50. The van der Waals surface area contributed by atoms with E-state index in [-0.39, 0.29) is 24.6 Å². The first-order valence-corrected chi connectivity index (χ1v) is 7.38. The van der Waals surface area contributed by atoms with Gasteiger partial charge in [-0.25, -0.2) is 0 Å². The minimum Gasteiger partial charge on any atom is -0.493 e. The van der Waals surface area contributed by atoms with Gasteiger partial charge in [0.2, 0.25) is 0 Å². The van der Waals surface area contributed by atoms with Crippen LogP contribution in [0.25, 0.3) is 0 Å². The Morgan fingerprint density at radius 2 is 1.95 bits per heavy atom. The molecule has 0 heterocycles. The van der Waals surface area contributed by atoms with Gasteiger partial charge < -0.3 is 20.3 Å². The Bertz CT molecular complexity index is 434. The lowest BCUT2D eigenvalue weighted by atomic mass is 10.0. The molecule has 5 heteroatoms. The number of halogens is 1. The van der Waals surface area contributed by atoms with Crippen LogP contribution in [-0.2, 0) is 0 Å². The third kappa shape index (κ3) is 5.06. The molecule has 0 spiro atoms. The predicted octanol–water partition coefficient (Wildman–Crippen LogP) is 3.21. The van der Waals surface area contributed by atoms with Gasteiger partial charge in [0.1, 0.15) is 0 Å². The third-order valence-corrected chi connectivity index (χ3v) is 3.81. The lowest BCUT2D eigenvalue weighted by Gasteiger charge is -2.19. The summed E-state index contributed by atoms with van der Waals surface area (Å²) >= 11 is 0. The number of aliphatic hydroxyl groups is 1. The van der Waals surface area contributed by atoms with E-state index in [4.69, 9.17) is 15.2 Å². The molecule has 1 aliphatic carbocycles. The summed E-state index contributed by atoms with van der Waals surface area (Å²) in [6, 6.07) is 5.59. The van der Waals surface area contributed by atoms with Crippen LogP contribution < -0.4 is 15.2 Å². The predicted molar refractivity (Wildman–Crippen MR) is 86.4 cm³/mol. The van der Waals surface area contributed by atoms with Gasteiger partial charge in [-0.1, -0.05) is 6.07 Å². The SMILES string of the molecule is COc1ccc(C(N)CC(C)O)cc1OC1CCCC1.Cl. The summed E-state index contributed by atoms with van der Waals surface area (Å²) < 4.78 is 11.4. The molecule has 2 rings (SSSR count). The van der Waals surface area contributed by atoms with E-state index in [1.165, 1.54) is 12.8 Å². The van der Waals surface area contributed by atoms with Crippen molar-refractivity contribution in [3.8, 4) is 11.5 Å². The van der Waals surface area contributed by atoms with Gasteiger partial charge in [0.15, 0.2) is 11.5 Å². The van der Waals surface area contributed by atoms with Gasteiger partial charge in [-0.15, -0.1) is 12.4 Å². The van der Waals surface area contributed by atoms with E-state index >= 15 is 0 Å². The van der Waals surface area contributed by atoms with Crippen LogP contribution in [0.2, 0.25) is 0 Å². The summed E-state index contributed by atoms with van der Waals surface area (Å²) in [4.78, 5) is 0. The zero-order valence-electron chi connectivity index (χ0n) is 12.7. The Balaban J connectivity index is 0.00000220. The largest absolute Gasteiger partial charge is 0.493 e. The van der Waals surface area contributed by atoms with Gasteiger partial charge in [-0.3, -0.25) is 0 Å². The fourth-order valence-corrected chi connectivity index (χ4v) is 2.71. The van der Waals surface area contributed by atoms with Crippen LogP contribution in [0.5, 0.6) is 11.5 Å². The quantitative estimate of drug-likeness (QED) is 0.846. The van der Waals surface area contributed by atoms with Crippen molar-refractivity contribution >= 4 is 12.4 Å². The molecule has 3 N–H and O–H groups in total. The maximum Gasteiger partial charge on any atom is 0.161 e. The summed E-state index contributed by atoms with van der Waals surface area (Å²) in [5, 5.41) is 9.45. The molecular formula is C16H26ClNO3. The van der Waals surface area contributed by atoms with Gasteiger partial charge in [0.05, 0.1) is 19.3 Å². The first-order valence-electron chi connectivity index (χ1n) is 7.38. The normalized spacial score (nSPS) is 17.9. The van der Waals surface area contributed by atoms with Crippen molar-refractivity contribution in [3.05, 3.63) is 23.8 Å². The van der Waals surface area contributed by atoms with Gasteiger partial charge in [-0.05, 0) is 56.7 Å². The number of hydrogen-bond acceptors (Lipinski definition) is 4. The van der Waals surface area contributed by atoms with Crippen LogP contribution in [0, 0.1) is 0 Å². The van der Waals surface area contributed by atoms with Gasteiger partial charge >= 0.3 is 0 Å². The molecule has 4 nitrogen and oxygen atoms in total. The minimum absolute atomic E-state index is 0. The first kappa shape index (κ1) is 18.1. The van der Waals surface area contributed by atoms with Crippen molar-refractivity contribution in [1.82, 2.24) is 0 Å². The van der Waals surface area contributed by atoms with Gasteiger partial charge in [-0.2, -0.15) is 0 Å². The average molecular weight is 316 g/mol. The number of aliphatic hydroxyl groups excluding tert-OH is 1. The maximum absolute atomic E-state index is 9.45. The van der Waals surface area contributed by atoms with Crippen LogP contribution in [0.4, 0.5) is 0 Å². The first-order chi connectivity index (χ1) is 9.60. The Kier molecular flexibility index (Phi) is 7.29. The van der Waals surface area contributed by atoms with E-state index in [9.17, 15) is 5.11 Å². The fraction of sp³-hybridized carbons (Fsp3) is 0.625. The Labute approximate surface area is 133 Å². The molecule has 0 saturated heterocycles. The van der Waals surface area contributed by atoms with Crippen molar-refractivity contribution in [2.75, 3.05) is 7.11 Å². The molecule has 1 saturated carbocycles. The minimum atomic E-state index is -0.411. The molecule has 1 fully saturated rings. The molecule has 1 aromatic rings. The highest BCUT2D eigenvalue weighted by molar-refractivity contribution is 5.85. The second kappa shape index (κ2) is 8.47. The zero-order chi connectivity index (χ0) is 14.5. The van der Waals surface area contributed by atoms with Crippen LogP contribution in [-0.4, -0.2) is 24.4 Å². The van der Waals surface area contributed by atoms with Crippen molar-refractivity contribution in [2.45, 2.75) is 57.3 Å². The van der Waals surface area contributed by atoms with Crippen molar-refractivity contribution in [1.29, 1.82) is 0 Å². The highest BCUT2D eigenvalue weighted by Crippen LogP contribution is 2.34. The summed E-state index contributed by atoms with van der Waals surface area (Å²) in [7, 11) is 1.65. The van der Waals surface area contributed by atoms with Gasteiger partial charge in [0, 0.05) is 6.04 Å². The van der Waals surface area contributed by atoms with Gasteiger partial charge in [0.25, 0.3) is 0 Å². The Morgan fingerprint density at radius 1 is 1.29 bits per heavy atom. The maximum atomic E-state index is 9.45. The van der Waals surface area contributed by atoms with E-state index in [2.05, 4.69) is 0 Å².